The molecule has 1 aliphatic heterocycles. The van der Waals surface area contributed by atoms with Gasteiger partial charge in [0.2, 0.25) is 0 Å². The van der Waals surface area contributed by atoms with E-state index < -0.39 is 35.0 Å². The number of alkyl halides is 3. The number of ether oxygens (including phenoxy) is 1. The third-order valence-electron chi connectivity index (χ3n) is 5.79. The molecule has 0 unspecified atom stereocenters. The molecule has 0 spiro atoms. The minimum absolute atomic E-state index is 0.0614. The van der Waals surface area contributed by atoms with Crippen LogP contribution < -0.4 is 14.9 Å². The summed E-state index contributed by atoms with van der Waals surface area (Å²) in [7, 11) is 0. The fraction of sp³-hybridized carbons (Fsp3) is 0.148. The number of rotatable bonds is 5. The Bertz CT molecular complexity index is 1790. The molecule has 0 amide bonds. The maximum atomic E-state index is 14.2. The fourth-order valence-corrected chi connectivity index (χ4v) is 5.45. The van der Waals surface area contributed by atoms with Gasteiger partial charge in [-0.2, -0.15) is 13.2 Å². The number of aromatic nitrogens is 1. The van der Waals surface area contributed by atoms with Crippen molar-refractivity contribution in [3.8, 4) is 11.3 Å². The molecule has 200 valence electrons. The highest BCUT2D eigenvalue weighted by molar-refractivity contribution is 7.07. The summed E-state index contributed by atoms with van der Waals surface area (Å²) in [4.78, 5) is 30.0. The van der Waals surface area contributed by atoms with Crippen molar-refractivity contribution in [1.29, 1.82) is 0 Å². The monoisotopic (exact) mass is 592 g/mol. The van der Waals surface area contributed by atoms with Crippen LogP contribution in [0.15, 0.2) is 86.1 Å². The maximum absolute atomic E-state index is 14.2. The van der Waals surface area contributed by atoms with Gasteiger partial charge in [0.15, 0.2) is 10.5 Å². The largest absolute Gasteiger partial charge is 0.463 e. The van der Waals surface area contributed by atoms with E-state index in [9.17, 15) is 22.8 Å². The van der Waals surface area contributed by atoms with Crippen molar-refractivity contribution in [3.05, 3.63) is 113 Å². The average molecular weight is 593 g/mol. The van der Waals surface area contributed by atoms with Gasteiger partial charge in [-0.1, -0.05) is 58.8 Å². The molecule has 1 aliphatic rings. The maximum Gasteiger partial charge on any atom is 0.434 e. The molecule has 0 saturated heterocycles. The average Bonchev–Trinajstić information content (AvgIpc) is 3.48. The summed E-state index contributed by atoms with van der Waals surface area (Å²) >= 11 is 12.8. The van der Waals surface area contributed by atoms with E-state index in [1.807, 2.05) is 0 Å². The number of carbonyl (C=O) groups is 1. The molecule has 3 heterocycles. The number of hydrogen-bond acceptors (Lipinski definition) is 6. The van der Waals surface area contributed by atoms with Crippen molar-refractivity contribution < 1.29 is 27.1 Å². The predicted octanol–water partition coefficient (Wildman–Crippen LogP) is 5.91. The molecular weight excluding hydrogens is 576 g/mol. The topological polar surface area (TPSA) is 73.8 Å². The highest BCUT2D eigenvalue weighted by atomic mass is 35.5. The van der Waals surface area contributed by atoms with Crippen molar-refractivity contribution in [2.45, 2.75) is 19.1 Å². The lowest BCUT2D eigenvalue weighted by Gasteiger charge is -2.26. The van der Waals surface area contributed by atoms with Gasteiger partial charge in [-0.25, -0.2) is 9.79 Å². The molecule has 39 heavy (non-hydrogen) atoms. The molecule has 0 radical (unpaired) electrons. The van der Waals surface area contributed by atoms with Gasteiger partial charge in [0.05, 0.1) is 22.8 Å². The zero-order valence-electron chi connectivity index (χ0n) is 20.0. The lowest BCUT2D eigenvalue weighted by atomic mass is 9.95. The molecule has 6 nitrogen and oxygen atoms in total. The van der Waals surface area contributed by atoms with Crippen LogP contribution >= 0.6 is 34.5 Å². The summed E-state index contributed by atoms with van der Waals surface area (Å²) in [6.07, 6.45) is -3.58. The van der Waals surface area contributed by atoms with Crippen LogP contribution in [0.25, 0.3) is 17.4 Å². The normalized spacial score (nSPS) is 15.7. The molecule has 0 saturated carbocycles. The number of fused-ring (bicyclic) bond motifs is 1. The molecule has 5 rings (SSSR count). The highest BCUT2D eigenvalue weighted by Gasteiger charge is 2.45. The summed E-state index contributed by atoms with van der Waals surface area (Å²) < 4.78 is 54.5. The number of thiazole rings is 1. The van der Waals surface area contributed by atoms with Crippen molar-refractivity contribution in [2.24, 2.45) is 4.99 Å². The number of hydrogen-bond donors (Lipinski definition) is 0. The van der Waals surface area contributed by atoms with E-state index in [-0.39, 0.29) is 21.5 Å². The Hall–Kier alpha value is -3.60. The molecule has 2 aromatic carbocycles. The molecule has 0 fully saturated rings. The smallest absolute Gasteiger partial charge is 0.434 e. The minimum atomic E-state index is -4.99. The van der Waals surface area contributed by atoms with Crippen LogP contribution in [0, 0.1) is 0 Å². The molecule has 2 aromatic heterocycles. The van der Waals surface area contributed by atoms with Crippen LogP contribution in [0.2, 0.25) is 10.0 Å². The van der Waals surface area contributed by atoms with Gasteiger partial charge in [-0.3, -0.25) is 9.36 Å². The fourth-order valence-electron chi connectivity index (χ4n) is 4.16. The SMILES string of the molecule is CCOC(=O)C1=C(C(F)(F)F)N=c2s/c(=C\c3ccc(-c4cccc(Cl)c4)o3)c(=O)n2[C@@H]1c1ccc(Cl)cc1. The van der Waals surface area contributed by atoms with Crippen molar-refractivity contribution in [3.63, 3.8) is 0 Å². The molecule has 4 aromatic rings. The zero-order valence-corrected chi connectivity index (χ0v) is 22.3. The van der Waals surface area contributed by atoms with E-state index in [0.29, 0.717) is 27.1 Å². The molecule has 0 aliphatic carbocycles. The molecule has 1 atom stereocenters. The van der Waals surface area contributed by atoms with Gasteiger partial charge < -0.3 is 9.15 Å². The van der Waals surface area contributed by atoms with Gasteiger partial charge in [0, 0.05) is 21.7 Å². The van der Waals surface area contributed by atoms with Gasteiger partial charge in [-0.15, -0.1) is 0 Å². The number of nitrogens with zero attached hydrogens (tertiary/aromatic N) is 2. The first-order valence-corrected chi connectivity index (χ1v) is 13.1. The molecule has 0 bridgehead atoms. The van der Waals surface area contributed by atoms with Gasteiger partial charge in [0.25, 0.3) is 5.56 Å². The number of benzene rings is 2. The minimum Gasteiger partial charge on any atom is -0.463 e. The number of allylic oxidation sites excluding steroid dienone is 1. The number of halogens is 5. The van der Waals surface area contributed by atoms with Crippen LogP contribution in [-0.4, -0.2) is 23.3 Å². The molecule has 0 N–H and O–H groups in total. The second-order valence-corrected chi connectivity index (χ2v) is 10.2. The summed E-state index contributed by atoms with van der Waals surface area (Å²) in [5, 5.41) is 0.844. The summed E-state index contributed by atoms with van der Waals surface area (Å²) in [6.45, 7) is 1.30. The first kappa shape index (κ1) is 27.0. The Morgan fingerprint density at radius 3 is 2.54 bits per heavy atom. The predicted molar refractivity (Wildman–Crippen MR) is 141 cm³/mol. The third-order valence-corrected chi connectivity index (χ3v) is 7.26. The summed E-state index contributed by atoms with van der Waals surface area (Å²) in [5.41, 5.74) is -1.92. The first-order valence-electron chi connectivity index (χ1n) is 11.5. The van der Waals surface area contributed by atoms with E-state index in [1.165, 1.54) is 37.3 Å². The van der Waals surface area contributed by atoms with Gasteiger partial charge in [-0.05, 0) is 48.9 Å². The van der Waals surface area contributed by atoms with Gasteiger partial charge in [0.1, 0.15) is 11.5 Å². The van der Waals surface area contributed by atoms with Crippen LogP contribution in [-0.2, 0) is 9.53 Å². The summed E-state index contributed by atoms with van der Waals surface area (Å²) in [5.74, 6) is -0.446. The number of carbonyl (C=O) groups excluding carboxylic acids is 1. The standard InChI is InChI=1S/C27H17Cl2F3N2O4S/c1-2-37-25(36)21-22(14-6-8-16(28)9-7-14)34-24(35)20(39-26(34)33-23(21)27(30,31)32)13-18-10-11-19(38-18)15-4-3-5-17(29)12-15/h3-13,22H,2H2,1H3/b20-13-/t22-/m1/s1. The Labute approximate surface area is 232 Å². The quantitative estimate of drug-likeness (QED) is 0.270. The zero-order chi connectivity index (χ0) is 27.9. The van der Waals surface area contributed by atoms with Gasteiger partial charge >= 0.3 is 12.1 Å². The van der Waals surface area contributed by atoms with Crippen molar-refractivity contribution >= 4 is 46.6 Å². The Morgan fingerprint density at radius 1 is 1.13 bits per heavy atom. The van der Waals surface area contributed by atoms with Crippen molar-refractivity contribution in [1.82, 2.24) is 4.57 Å². The number of esters is 1. The molecular formula is C27H17Cl2F3N2O4S. The van der Waals surface area contributed by atoms with Crippen LogP contribution in [0.5, 0.6) is 0 Å². The Kier molecular flexibility index (Phi) is 7.28. The lowest BCUT2D eigenvalue weighted by Crippen LogP contribution is -2.41. The Balaban J connectivity index is 1.71. The lowest BCUT2D eigenvalue weighted by molar-refractivity contribution is -0.140. The van der Waals surface area contributed by atoms with E-state index >= 15 is 0 Å². The van der Waals surface area contributed by atoms with Crippen LogP contribution in [0.1, 0.15) is 24.3 Å². The third kappa shape index (κ3) is 5.32. The van der Waals surface area contributed by atoms with Crippen LogP contribution in [0.3, 0.4) is 0 Å². The molecule has 12 heteroatoms. The Morgan fingerprint density at radius 2 is 1.87 bits per heavy atom. The first-order chi connectivity index (χ1) is 18.6. The second kappa shape index (κ2) is 10.5. The van der Waals surface area contributed by atoms with E-state index in [1.54, 1.807) is 36.4 Å². The second-order valence-electron chi connectivity index (χ2n) is 8.33. The highest BCUT2D eigenvalue weighted by Crippen LogP contribution is 2.38. The van der Waals surface area contributed by atoms with E-state index in [4.69, 9.17) is 32.4 Å². The number of furan rings is 1. The summed E-state index contributed by atoms with van der Waals surface area (Å²) in [6, 6.07) is 14.7. The van der Waals surface area contributed by atoms with Crippen molar-refractivity contribution in [2.75, 3.05) is 6.61 Å². The van der Waals surface area contributed by atoms with Crippen LogP contribution in [0.4, 0.5) is 13.2 Å². The van der Waals surface area contributed by atoms with E-state index in [0.717, 1.165) is 15.9 Å². The van der Waals surface area contributed by atoms with E-state index in [2.05, 4.69) is 4.99 Å².